The third-order valence-corrected chi connectivity index (χ3v) is 5.88. The van der Waals surface area contributed by atoms with E-state index in [1.54, 1.807) is 0 Å². The fraction of sp³-hybridized carbons (Fsp3) is 0.778. The number of carbonyl (C=O) groups excluding carboxylic acids is 1. The largest absolute Gasteiger partial charge is 0.392 e. The number of aliphatic hydroxyl groups excluding tert-OH is 1. The van der Waals surface area contributed by atoms with E-state index < -0.39 is 0 Å². The Labute approximate surface area is 143 Å². The van der Waals surface area contributed by atoms with Crippen LogP contribution < -0.4 is 0 Å². The summed E-state index contributed by atoms with van der Waals surface area (Å²) in [4.78, 5) is 14.8. The van der Waals surface area contributed by atoms with Crippen LogP contribution in [0.3, 0.4) is 0 Å². The van der Waals surface area contributed by atoms with Crippen molar-refractivity contribution >= 4 is 5.91 Å². The molecule has 2 aliphatic rings. The number of hydrogen-bond donors (Lipinski definition) is 1. The molecule has 24 heavy (non-hydrogen) atoms. The van der Waals surface area contributed by atoms with Gasteiger partial charge < -0.3 is 14.7 Å². The lowest BCUT2D eigenvalue weighted by Gasteiger charge is -2.56. The number of aromatic nitrogens is 2. The van der Waals surface area contributed by atoms with Crippen LogP contribution in [0.2, 0.25) is 0 Å². The molecule has 1 aromatic heterocycles. The summed E-state index contributed by atoms with van der Waals surface area (Å²) >= 11 is 0. The average Bonchev–Trinajstić information content (AvgIpc) is 2.92. The van der Waals surface area contributed by atoms with Crippen LogP contribution in [0.15, 0.2) is 6.07 Å². The van der Waals surface area contributed by atoms with Crippen molar-refractivity contribution in [1.82, 2.24) is 14.7 Å². The second-order valence-corrected chi connectivity index (χ2v) is 7.30. The topological polar surface area (TPSA) is 67.6 Å². The van der Waals surface area contributed by atoms with Gasteiger partial charge in [0.2, 0.25) is 5.91 Å². The number of aryl methyl sites for hydroxylation is 2. The molecule has 0 radical (unpaired) electrons. The zero-order valence-corrected chi connectivity index (χ0v) is 15.2. The SMILES string of the molecule is CCOC1CC(O)C12CCN(C(=O)C(C)n1nc(C)cc1C)CC2. The smallest absolute Gasteiger partial charge is 0.247 e. The molecule has 1 N–H and O–H groups in total. The molecule has 134 valence electrons. The molecule has 3 rings (SSSR count). The van der Waals surface area contributed by atoms with Gasteiger partial charge in [0, 0.05) is 37.2 Å². The van der Waals surface area contributed by atoms with Crippen molar-refractivity contribution in [1.29, 1.82) is 0 Å². The van der Waals surface area contributed by atoms with Crippen LogP contribution in [0.25, 0.3) is 0 Å². The fourth-order valence-electron chi connectivity index (χ4n) is 4.37. The van der Waals surface area contributed by atoms with E-state index in [0.29, 0.717) is 19.7 Å². The quantitative estimate of drug-likeness (QED) is 0.912. The van der Waals surface area contributed by atoms with Crippen molar-refractivity contribution in [3.05, 3.63) is 17.5 Å². The van der Waals surface area contributed by atoms with E-state index in [-0.39, 0.29) is 29.6 Å². The molecule has 1 spiro atoms. The van der Waals surface area contributed by atoms with Crippen LogP contribution >= 0.6 is 0 Å². The third kappa shape index (κ3) is 2.75. The molecule has 1 amide bonds. The minimum Gasteiger partial charge on any atom is -0.392 e. The molecule has 3 atom stereocenters. The average molecular weight is 335 g/mol. The Morgan fingerprint density at radius 2 is 2.12 bits per heavy atom. The van der Waals surface area contributed by atoms with Gasteiger partial charge in [-0.2, -0.15) is 5.10 Å². The summed E-state index contributed by atoms with van der Waals surface area (Å²) in [5.74, 6) is 0.109. The van der Waals surface area contributed by atoms with Gasteiger partial charge in [-0.3, -0.25) is 9.48 Å². The maximum Gasteiger partial charge on any atom is 0.247 e. The van der Waals surface area contributed by atoms with Crippen molar-refractivity contribution in [2.24, 2.45) is 5.41 Å². The number of rotatable bonds is 4. The molecule has 6 nitrogen and oxygen atoms in total. The van der Waals surface area contributed by atoms with Gasteiger partial charge >= 0.3 is 0 Å². The Balaban J connectivity index is 1.64. The number of piperidine rings is 1. The molecule has 6 heteroatoms. The summed E-state index contributed by atoms with van der Waals surface area (Å²) in [6.07, 6.45) is 2.20. The molecule has 2 fully saturated rings. The molecule has 1 saturated carbocycles. The van der Waals surface area contributed by atoms with E-state index in [1.807, 2.05) is 43.3 Å². The molecule has 3 unspecified atom stereocenters. The van der Waals surface area contributed by atoms with Gasteiger partial charge in [0.1, 0.15) is 6.04 Å². The van der Waals surface area contributed by atoms with E-state index in [1.165, 1.54) is 0 Å². The van der Waals surface area contributed by atoms with Gasteiger partial charge in [-0.1, -0.05) is 0 Å². The predicted molar refractivity (Wildman–Crippen MR) is 90.7 cm³/mol. The number of hydrogen-bond acceptors (Lipinski definition) is 4. The fourth-order valence-corrected chi connectivity index (χ4v) is 4.37. The van der Waals surface area contributed by atoms with Gasteiger partial charge in [-0.15, -0.1) is 0 Å². The highest BCUT2D eigenvalue weighted by atomic mass is 16.5. The molecule has 1 aliphatic heterocycles. The first kappa shape index (κ1) is 17.4. The Hall–Kier alpha value is -1.40. The normalized spacial score (nSPS) is 27.1. The minimum absolute atomic E-state index is 0.109. The standard InChI is InChI=1S/C18H29N3O3/c1-5-24-16-11-15(22)18(16)6-8-20(9-7-18)17(23)14(4)21-13(3)10-12(2)19-21/h10,14-16,22H,5-9,11H2,1-4H3. The van der Waals surface area contributed by atoms with E-state index in [4.69, 9.17) is 4.74 Å². The Bertz CT molecular complexity index is 603. The highest BCUT2D eigenvalue weighted by Crippen LogP contribution is 2.51. The molecule has 1 saturated heterocycles. The molecule has 1 aromatic rings. The van der Waals surface area contributed by atoms with Crippen molar-refractivity contribution in [3.8, 4) is 0 Å². The second-order valence-electron chi connectivity index (χ2n) is 7.30. The lowest BCUT2D eigenvalue weighted by atomic mass is 9.58. The van der Waals surface area contributed by atoms with Gasteiger partial charge in [-0.25, -0.2) is 0 Å². The monoisotopic (exact) mass is 335 g/mol. The molecule has 1 aliphatic carbocycles. The summed E-state index contributed by atoms with van der Waals surface area (Å²) in [6.45, 7) is 9.87. The predicted octanol–water partition coefficient (Wildman–Crippen LogP) is 1.84. The zero-order valence-electron chi connectivity index (χ0n) is 15.2. The first-order valence-electron chi connectivity index (χ1n) is 9.00. The van der Waals surface area contributed by atoms with E-state index in [0.717, 1.165) is 30.7 Å². The number of nitrogens with zero attached hydrogens (tertiary/aromatic N) is 3. The maximum atomic E-state index is 12.8. The highest BCUT2D eigenvalue weighted by molar-refractivity contribution is 5.80. The summed E-state index contributed by atoms with van der Waals surface area (Å²) in [6, 6.07) is 1.70. The summed E-state index contributed by atoms with van der Waals surface area (Å²) in [5, 5.41) is 14.7. The summed E-state index contributed by atoms with van der Waals surface area (Å²) < 4.78 is 7.60. The van der Waals surface area contributed by atoms with E-state index >= 15 is 0 Å². The van der Waals surface area contributed by atoms with Gasteiger partial charge in [0.05, 0.1) is 17.9 Å². The number of amides is 1. The third-order valence-electron chi connectivity index (χ3n) is 5.88. The Kier molecular flexibility index (Phi) is 4.71. The van der Waals surface area contributed by atoms with Crippen LogP contribution in [0.1, 0.15) is 50.5 Å². The zero-order chi connectivity index (χ0) is 17.5. The van der Waals surface area contributed by atoms with Crippen molar-refractivity contribution in [2.45, 2.75) is 65.2 Å². The van der Waals surface area contributed by atoms with Crippen LogP contribution in [0.5, 0.6) is 0 Å². The molecular weight excluding hydrogens is 306 g/mol. The van der Waals surface area contributed by atoms with E-state index in [9.17, 15) is 9.90 Å². The molecular formula is C18H29N3O3. The molecule has 0 bridgehead atoms. The maximum absolute atomic E-state index is 12.8. The van der Waals surface area contributed by atoms with Crippen LogP contribution in [-0.2, 0) is 9.53 Å². The van der Waals surface area contributed by atoms with Crippen molar-refractivity contribution in [3.63, 3.8) is 0 Å². The highest BCUT2D eigenvalue weighted by Gasteiger charge is 2.56. The number of aliphatic hydroxyl groups is 1. The number of carbonyl (C=O) groups is 1. The minimum atomic E-state index is -0.292. The van der Waals surface area contributed by atoms with Gasteiger partial charge in [0.15, 0.2) is 0 Å². The summed E-state index contributed by atoms with van der Waals surface area (Å²) in [5.41, 5.74) is 1.79. The van der Waals surface area contributed by atoms with Crippen LogP contribution in [-0.4, -0.2) is 57.6 Å². The van der Waals surface area contributed by atoms with Crippen molar-refractivity contribution in [2.75, 3.05) is 19.7 Å². The molecule has 0 aromatic carbocycles. The second kappa shape index (κ2) is 6.48. The number of likely N-dealkylation sites (tertiary alicyclic amines) is 1. The first-order chi connectivity index (χ1) is 11.4. The van der Waals surface area contributed by atoms with Crippen molar-refractivity contribution < 1.29 is 14.6 Å². The lowest BCUT2D eigenvalue weighted by Crippen LogP contribution is -2.63. The Morgan fingerprint density at radius 3 is 2.62 bits per heavy atom. The van der Waals surface area contributed by atoms with Gasteiger partial charge in [-0.05, 0) is 46.6 Å². The lowest BCUT2D eigenvalue weighted by molar-refractivity contribution is -0.210. The van der Waals surface area contributed by atoms with Crippen LogP contribution in [0.4, 0.5) is 0 Å². The number of ether oxygens (including phenoxy) is 1. The first-order valence-corrected chi connectivity index (χ1v) is 9.00. The van der Waals surface area contributed by atoms with E-state index in [2.05, 4.69) is 5.10 Å². The molecule has 2 heterocycles. The Morgan fingerprint density at radius 1 is 1.46 bits per heavy atom. The van der Waals surface area contributed by atoms with Crippen LogP contribution in [0, 0.1) is 19.3 Å². The van der Waals surface area contributed by atoms with Gasteiger partial charge in [0.25, 0.3) is 0 Å². The summed E-state index contributed by atoms with van der Waals surface area (Å²) in [7, 11) is 0.